The van der Waals surface area contributed by atoms with Crippen LogP contribution in [0.2, 0.25) is 0 Å². The molecule has 4 atom stereocenters. The van der Waals surface area contributed by atoms with Crippen LogP contribution in [0.4, 0.5) is 0 Å². The van der Waals surface area contributed by atoms with Crippen molar-refractivity contribution in [2.45, 2.75) is 31.8 Å². The van der Waals surface area contributed by atoms with Gasteiger partial charge in [-0.1, -0.05) is 6.42 Å². The minimum Gasteiger partial charge on any atom is -0.389 e. The summed E-state index contributed by atoms with van der Waals surface area (Å²) in [7, 11) is 2.16. The molecule has 1 saturated heterocycles. The Morgan fingerprint density at radius 1 is 1.15 bits per heavy atom. The third-order valence-electron chi connectivity index (χ3n) is 5.59. The fourth-order valence-corrected chi connectivity index (χ4v) is 4.32. The topological polar surface area (TPSA) is 35.9 Å². The highest BCUT2D eigenvalue weighted by Gasteiger charge is 2.39. The summed E-state index contributed by atoms with van der Waals surface area (Å²) in [5, 5.41) is 10.1. The molecule has 3 fully saturated rings. The molecule has 116 valence electrons. The number of piperazine rings is 1. The normalized spacial score (nSPS) is 36.6. The summed E-state index contributed by atoms with van der Waals surface area (Å²) in [6.45, 7) is 6.52. The van der Waals surface area contributed by atoms with E-state index in [4.69, 9.17) is 4.74 Å². The third-order valence-corrected chi connectivity index (χ3v) is 5.59. The smallest absolute Gasteiger partial charge is 0.0900 e. The third kappa shape index (κ3) is 3.73. The van der Waals surface area contributed by atoms with E-state index in [0.717, 1.165) is 57.1 Å². The van der Waals surface area contributed by atoms with Crippen LogP contribution in [0.1, 0.15) is 25.7 Å². The van der Waals surface area contributed by atoms with Gasteiger partial charge in [0.15, 0.2) is 0 Å². The summed E-state index contributed by atoms with van der Waals surface area (Å²) < 4.78 is 5.81. The van der Waals surface area contributed by atoms with Crippen LogP contribution in [0, 0.1) is 17.8 Å². The maximum Gasteiger partial charge on any atom is 0.0900 e. The molecule has 1 heterocycles. The van der Waals surface area contributed by atoms with Gasteiger partial charge in [-0.3, -0.25) is 4.90 Å². The number of aliphatic hydroxyl groups is 1. The van der Waals surface area contributed by atoms with E-state index in [1.54, 1.807) is 0 Å². The zero-order chi connectivity index (χ0) is 13.9. The minimum atomic E-state index is -0.322. The average molecular weight is 282 g/mol. The Labute approximate surface area is 123 Å². The maximum atomic E-state index is 10.1. The van der Waals surface area contributed by atoms with E-state index < -0.39 is 0 Å². The monoisotopic (exact) mass is 282 g/mol. The zero-order valence-corrected chi connectivity index (χ0v) is 12.8. The second-order valence-electron chi connectivity index (χ2n) is 7.23. The molecule has 3 aliphatic rings. The number of rotatable bonds is 6. The van der Waals surface area contributed by atoms with Crippen LogP contribution in [0.25, 0.3) is 0 Å². The van der Waals surface area contributed by atoms with Crippen molar-refractivity contribution in [2.75, 3.05) is 53.0 Å². The maximum absolute atomic E-state index is 10.1. The summed E-state index contributed by atoms with van der Waals surface area (Å²) in [4.78, 5) is 4.69. The molecule has 3 rings (SSSR count). The lowest BCUT2D eigenvalue weighted by Crippen LogP contribution is -2.47. The van der Waals surface area contributed by atoms with Crippen molar-refractivity contribution in [1.82, 2.24) is 9.80 Å². The predicted octanol–water partition coefficient (Wildman–Crippen LogP) is 1.05. The van der Waals surface area contributed by atoms with E-state index in [1.807, 2.05) is 0 Å². The number of nitrogens with zero attached hydrogens (tertiary/aromatic N) is 2. The summed E-state index contributed by atoms with van der Waals surface area (Å²) in [6.07, 6.45) is 5.37. The quantitative estimate of drug-likeness (QED) is 0.790. The van der Waals surface area contributed by atoms with Gasteiger partial charge >= 0.3 is 0 Å². The molecule has 0 amide bonds. The molecular weight excluding hydrogens is 252 g/mol. The number of ether oxygens (including phenoxy) is 1. The van der Waals surface area contributed by atoms with Gasteiger partial charge in [-0.15, -0.1) is 0 Å². The first-order valence-corrected chi connectivity index (χ1v) is 8.37. The molecule has 0 aromatic heterocycles. The highest BCUT2D eigenvalue weighted by Crippen LogP contribution is 2.48. The molecule has 0 unspecified atom stereocenters. The number of β-amino-alcohol motifs (C(OH)–C–C–N with tert-alkyl or cyclic N) is 1. The first kappa shape index (κ1) is 14.8. The van der Waals surface area contributed by atoms with Gasteiger partial charge in [0.05, 0.1) is 12.7 Å². The fraction of sp³-hybridized carbons (Fsp3) is 1.00. The molecule has 0 aromatic rings. The predicted molar refractivity (Wildman–Crippen MR) is 79.7 cm³/mol. The van der Waals surface area contributed by atoms with Gasteiger partial charge in [0.25, 0.3) is 0 Å². The van der Waals surface area contributed by atoms with Gasteiger partial charge < -0.3 is 14.7 Å². The molecule has 0 aromatic carbocycles. The van der Waals surface area contributed by atoms with Crippen LogP contribution in [-0.4, -0.2) is 74.0 Å². The molecule has 2 aliphatic carbocycles. The Balaban J connectivity index is 1.28. The second kappa shape index (κ2) is 6.73. The Hall–Kier alpha value is -0.160. The molecule has 0 spiro atoms. The van der Waals surface area contributed by atoms with Crippen LogP contribution in [0.3, 0.4) is 0 Å². The van der Waals surface area contributed by atoms with Crippen molar-refractivity contribution in [3.05, 3.63) is 0 Å². The van der Waals surface area contributed by atoms with E-state index in [2.05, 4.69) is 16.8 Å². The summed E-state index contributed by atoms with van der Waals surface area (Å²) in [6, 6.07) is 0. The van der Waals surface area contributed by atoms with Gasteiger partial charge in [0.1, 0.15) is 0 Å². The lowest BCUT2D eigenvalue weighted by Gasteiger charge is -2.33. The Morgan fingerprint density at radius 3 is 2.60 bits per heavy atom. The van der Waals surface area contributed by atoms with Gasteiger partial charge in [0.2, 0.25) is 0 Å². The highest BCUT2D eigenvalue weighted by molar-refractivity contribution is 4.89. The van der Waals surface area contributed by atoms with Crippen LogP contribution in [0.15, 0.2) is 0 Å². The Kier molecular flexibility index (Phi) is 4.97. The van der Waals surface area contributed by atoms with Crippen molar-refractivity contribution in [3.63, 3.8) is 0 Å². The van der Waals surface area contributed by atoms with E-state index in [0.29, 0.717) is 6.61 Å². The molecule has 2 bridgehead atoms. The molecule has 0 radical (unpaired) electrons. The van der Waals surface area contributed by atoms with E-state index in [-0.39, 0.29) is 6.10 Å². The van der Waals surface area contributed by atoms with Gasteiger partial charge in [-0.2, -0.15) is 0 Å². The Bertz CT molecular complexity index is 305. The lowest BCUT2D eigenvalue weighted by molar-refractivity contribution is -0.00742. The summed E-state index contributed by atoms with van der Waals surface area (Å²) >= 11 is 0. The number of hydrogen-bond acceptors (Lipinski definition) is 4. The number of likely N-dealkylation sites (N-methyl/N-ethyl adjacent to an activating group) is 1. The molecule has 20 heavy (non-hydrogen) atoms. The van der Waals surface area contributed by atoms with Crippen molar-refractivity contribution in [3.8, 4) is 0 Å². The highest BCUT2D eigenvalue weighted by atomic mass is 16.5. The first-order valence-electron chi connectivity index (χ1n) is 8.37. The fourth-order valence-electron chi connectivity index (χ4n) is 4.32. The van der Waals surface area contributed by atoms with Crippen LogP contribution in [0.5, 0.6) is 0 Å². The van der Waals surface area contributed by atoms with Crippen molar-refractivity contribution in [2.24, 2.45) is 17.8 Å². The molecule has 2 saturated carbocycles. The molecule has 1 aliphatic heterocycles. The van der Waals surface area contributed by atoms with Crippen molar-refractivity contribution in [1.29, 1.82) is 0 Å². The minimum absolute atomic E-state index is 0.322. The first-order chi connectivity index (χ1) is 9.70. The van der Waals surface area contributed by atoms with Crippen LogP contribution >= 0.6 is 0 Å². The SMILES string of the molecule is CN1CCN(C[C@H](O)COC[C@@H]2C[C@@H]3CC[C@@H]2C3)CC1. The van der Waals surface area contributed by atoms with E-state index >= 15 is 0 Å². The van der Waals surface area contributed by atoms with Gasteiger partial charge in [-0.05, 0) is 44.1 Å². The molecule has 4 heteroatoms. The summed E-state index contributed by atoms with van der Waals surface area (Å²) in [5.74, 6) is 2.70. The van der Waals surface area contributed by atoms with Crippen LogP contribution in [-0.2, 0) is 4.74 Å². The van der Waals surface area contributed by atoms with E-state index in [1.165, 1.54) is 25.7 Å². The van der Waals surface area contributed by atoms with Crippen LogP contribution < -0.4 is 0 Å². The lowest BCUT2D eigenvalue weighted by atomic mass is 9.90. The molecular formula is C16H30N2O2. The molecule has 4 nitrogen and oxygen atoms in total. The zero-order valence-electron chi connectivity index (χ0n) is 12.8. The Morgan fingerprint density at radius 2 is 1.95 bits per heavy atom. The number of hydrogen-bond donors (Lipinski definition) is 1. The van der Waals surface area contributed by atoms with Crippen molar-refractivity contribution < 1.29 is 9.84 Å². The van der Waals surface area contributed by atoms with Gasteiger partial charge in [-0.25, -0.2) is 0 Å². The summed E-state index contributed by atoms with van der Waals surface area (Å²) in [5.41, 5.74) is 0. The van der Waals surface area contributed by atoms with Crippen molar-refractivity contribution >= 4 is 0 Å². The number of aliphatic hydroxyl groups excluding tert-OH is 1. The number of fused-ring (bicyclic) bond motifs is 2. The second-order valence-corrected chi connectivity index (χ2v) is 7.23. The molecule has 1 N–H and O–H groups in total. The van der Waals surface area contributed by atoms with E-state index in [9.17, 15) is 5.11 Å². The standard InChI is InChI=1S/C16H30N2O2/c1-17-4-6-18(7-5-17)10-16(19)12-20-11-15-9-13-2-3-14(15)8-13/h13-16,19H,2-12H2,1H3/t13-,14-,15+,16+/m1/s1. The largest absolute Gasteiger partial charge is 0.389 e. The van der Waals surface area contributed by atoms with Gasteiger partial charge in [0, 0.05) is 39.3 Å². The average Bonchev–Trinajstić information content (AvgIpc) is 3.04.